The fraction of sp³-hybridized carbons (Fsp3) is 0.808. The predicted octanol–water partition coefficient (Wildman–Crippen LogP) is 2.68. The number of nitrogens with zero attached hydrogens (tertiary/aromatic N) is 2. The van der Waals surface area contributed by atoms with Crippen molar-refractivity contribution in [2.24, 2.45) is 11.8 Å². The van der Waals surface area contributed by atoms with E-state index in [1.165, 1.54) is 0 Å². The maximum atomic E-state index is 14.3. The van der Waals surface area contributed by atoms with Gasteiger partial charge in [0.2, 0.25) is 11.8 Å². The van der Waals surface area contributed by atoms with Crippen LogP contribution in [0.15, 0.2) is 12.7 Å². The monoisotopic (exact) mass is 478 g/mol. The molecule has 34 heavy (non-hydrogen) atoms. The summed E-state index contributed by atoms with van der Waals surface area (Å²) < 4.78 is 12.1. The second kappa shape index (κ2) is 10.4. The quantitative estimate of drug-likeness (QED) is 0.342. The Labute approximate surface area is 203 Å². The van der Waals surface area contributed by atoms with Gasteiger partial charge in [0, 0.05) is 12.6 Å². The van der Waals surface area contributed by atoms with Crippen LogP contribution in [0, 0.1) is 11.8 Å². The first kappa shape index (κ1) is 26.7. The lowest BCUT2D eigenvalue weighted by Gasteiger charge is -2.41. The molecular formula is C26H42N2O6. The molecule has 0 aromatic heterocycles. The number of likely N-dealkylation sites (tertiary alicyclic amines) is 1. The number of rotatable bonds is 12. The van der Waals surface area contributed by atoms with Crippen LogP contribution >= 0.6 is 0 Å². The van der Waals surface area contributed by atoms with E-state index in [4.69, 9.17) is 9.47 Å². The van der Waals surface area contributed by atoms with Crippen molar-refractivity contribution in [1.82, 2.24) is 9.80 Å². The van der Waals surface area contributed by atoms with Crippen molar-refractivity contribution < 1.29 is 29.0 Å². The van der Waals surface area contributed by atoms with Crippen molar-refractivity contribution >= 4 is 17.8 Å². The van der Waals surface area contributed by atoms with Crippen LogP contribution in [0.5, 0.6) is 0 Å². The highest BCUT2D eigenvalue weighted by Gasteiger charge is 2.79. The third kappa shape index (κ3) is 3.87. The zero-order valence-corrected chi connectivity index (χ0v) is 21.4. The molecule has 8 heteroatoms. The lowest BCUT2D eigenvalue weighted by Crippen LogP contribution is -2.60. The van der Waals surface area contributed by atoms with Crippen LogP contribution < -0.4 is 0 Å². The fourth-order valence-corrected chi connectivity index (χ4v) is 6.69. The van der Waals surface area contributed by atoms with Crippen LogP contribution in [0.25, 0.3) is 0 Å². The minimum atomic E-state index is -1.10. The summed E-state index contributed by atoms with van der Waals surface area (Å²) in [6, 6.07) is -1.47. The SMILES string of the molecule is C=CCN(C(=O)C1N([C@@H](CC)CO)C(=O)[C@@H]2[C@H](C(=O)OCC)[C@]3(CC)CCC12O3)C(C)CCC. The molecule has 3 aliphatic rings. The van der Waals surface area contributed by atoms with Crippen molar-refractivity contribution in [2.75, 3.05) is 19.8 Å². The van der Waals surface area contributed by atoms with Gasteiger partial charge in [0.1, 0.15) is 17.6 Å². The maximum absolute atomic E-state index is 14.3. The zero-order chi connectivity index (χ0) is 25.3. The smallest absolute Gasteiger partial charge is 0.312 e. The second-order valence-corrected chi connectivity index (χ2v) is 9.99. The van der Waals surface area contributed by atoms with Gasteiger partial charge in [-0.15, -0.1) is 6.58 Å². The Morgan fingerprint density at radius 2 is 2.03 bits per heavy atom. The van der Waals surface area contributed by atoms with Gasteiger partial charge in [-0.25, -0.2) is 0 Å². The Kier molecular flexibility index (Phi) is 8.13. The van der Waals surface area contributed by atoms with Crippen molar-refractivity contribution in [3.63, 3.8) is 0 Å². The van der Waals surface area contributed by atoms with E-state index in [0.717, 1.165) is 12.8 Å². The summed E-state index contributed by atoms with van der Waals surface area (Å²) in [6.45, 7) is 13.8. The van der Waals surface area contributed by atoms with Crippen molar-refractivity contribution in [3.8, 4) is 0 Å². The molecule has 3 heterocycles. The minimum Gasteiger partial charge on any atom is -0.466 e. The molecular weight excluding hydrogens is 436 g/mol. The van der Waals surface area contributed by atoms with E-state index >= 15 is 0 Å². The lowest BCUT2D eigenvalue weighted by molar-refractivity contribution is -0.163. The van der Waals surface area contributed by atoms with Gasteiger partial charge in [-0.3, -0.25) is 14.4 Å². The molecule has 192 valence electrons. The third-order valence-electron chi connectivity index (χ3n) is 8.32. The summed E-state index contributed by atoms with van der Waals surface area (Å²) in [4.78, 5) is 44.8. The molecule has 1 N–H and O–H groups in total. The van der Waals surface area contributed by atoms with Crippen molar-refractivity contribution in [1.29, 1.82) is 0 Å². The standard InChI is InChI=1S/C26H42N2O6/c1-7-12-17(6)27(15-8-2)23(31)21-26-14-13-25(10-4,34-26)20(24(32)33-11-5)19(26)22(30)28(21)18(9-3)16-29/h8,17-21,29H,2,7,9-16H2,1,3-6H3/t17?,18-,19-,20+,21?,25-,26?/m0/s1. The molecule has 3 saturated heterocycles. The lowest BCUT2D eigenvalue weighted by atomic mass is 9.65. The molecule has 2 amide bonds. The third-order valence-corrected chi connectivity index (χ3v) is 8.32. The van der Waals surface area contributed by atoms with Gasteiger partial charge in [0.15, 0.2) is 0 Å². The van der Waals surface area contributed by atoms with Crippen LogP contribution in [-0.4, -0.2) is 81.8 Å². The Morgan fingerprint density at radius 1 is 1.32 bits per heavy atom. The highest BCUT2D eigenvalue weighted by Crippen LogP contribution is 2.65. The first-order chi connectivity index (χ1) is 16.2. The molecule has 1 spiro atoms. The Balaban J connectivity index is 2.15. The number of carbonyl (C=O) groups excluding carboxylic acids is 3. The first-order valence-corrected chi connectivity index (χ1v) is 12.9. The highest BCUT2D eigenvalue weighted by molar-refractivity contribution is 5.98. The normalized spacial score (nSPS) is 33.5. The molecule has 0 aromatic carbocycles. The summed E-state index contributed by atoms with van der Waals surface area (Å²) in [5, 5.41) is 10.2. The highest BCUT2D eigenvalue weighted by atomic mass is 16.6. The maximum Gasteiger partial charge on any atom is 0.312 e. The molecule has 0 radical (unpaired) electrons. The number of amides is 2. The zero-order valence-electron chi connectivity index (χ0n) is 21.4. The van der Waals surface area contributed by atoms with Gasteiger partial charge in [0.05, 0.1) is 30.8 Å². The Bertz CT molecular complexity index is 798. The molecule has 0 aromatic rings. The molecule has 3 fully saturated rings. The summed E-state index contributed by atoms with van der Waals surface area (Å²) in [6.07, 6.45) is 5.59. The predicted molar refractivity (Wildman–Crippen MR) is 128 cm³/mol. The summed E-state index contributed by atoms with van der Waals surface area (Å²) >= 11 is 0. The number of ether oxygens (including phenoxy) is 2. The van der Waals surface area contributed by atoms with Crippen molar-refractivity contribution in [3.05, 3.63) is 12.7 Å². The number of carbonyl (C=O) groups is 3. The van der Waals surface area contributed by atoms with Gasteiger partial charge in [-0.05, 0) is 46.0 Å². The van der Waals surface area contributed by atoms with E-state index < -0.39 is 41.1 Å². The van der Waals surface area contributed by atoms with Gasteiger partial charge in [-0.2, -0.15) is 0 Å². The first-order valence-electron chi connectivity index (χ1n) is 12.9. The summed E-state index contributed by atoms with van der Waals surface area (Å²) in [5.74, 6) is -2.45. The van der Waals surface area contributed by atoms with Crippen molar-refractivity contribution in [2.45, 2.75) is 102 Å². The average Bonchev–Trinajstić information content (AvgIpc) is 3.42. The largest absolute Gasteiger partial charge is 0.466 e. The Hall–Kier alpha value is -1.93. The van der Waals surface area contributed by atoms with Crippen LogP contribution in [0.3, 0.4) is 0 Å². The molecule has 7 atom stereocenters. The fourth-order valence-electron chi connectivity index (χ4n) is 6.69. The number of fused-ring (bicyclic) bond motifs is 1. The average molecular weight is 479 g/mol. The van der Waals surface area contributed by atoms with E-state index in [0.29, 0.717) is 32.2 Å². The number of hydrogen-bond acceptors (Lipinski definition) is 6. The van der Waals surface area contributed by atoms with E-state index in [-0.39, 0.29) is 31.1 Å². The van der Waals surface area contributed by atoms with Crippen LogP contribution in [-0.2, 0) is 23.9 Å². The number of esters is 1. The number of aliphatic hydroxyl groups excluding tert-OH is 1. The Morgan fingerprint density at radius 3 is 2.56 bits per heavy atom. The minimum absolute atomic E-state index is 0.0447. The molecule has 8 nitrogen and oxygen atoms in total. The molecule has 0 saturated carbocycles. The van der Waals surface area contributed by atoms with Gasteiger partial charge >= 0.3 is 5.97 Å². The van der Waals surface area contributed by atoms with E-state index in [2.05, 4.69) is 13.5 Å². The molecule has 3 unspecified atom stereocenters. The van der Waals surface area contributed by atoms with Gasteiger partial charge in [0.25, 0.3) is 0 Å². The molecule has 2 bridgehead atoms. The summed E-state index contributed by atoms with van der Waals surface area (Å²) in [7, 11) is 0. The van der Waals surface area contributed by atoms with Crippen LogP contribution in [0.1, 0.15) is 73.1 Å². The van der Waals surface area contributed by atoms with Gasteiger partial charge < -0.3 is 24.4 Å². The molecule has 3 rings (SSSR count). The van der Waals surface area contributed by atoms with Crippen LogP contribution in [0.2, 0.25) is 0 Å². The van der Waals surface area contributed by atoms with E-state index in [1.54, 1.807) is 22.8 Å². The number of hydrogen-bond donors (Lipinski definition) is 1. The second-order valence-electron chi connectivity index (χ2n) is 9.99. The van der Waals surface area contributed by atoms with Gasteiger partial charge in [-0.1, -0.05) is 33.3 Å². The van der Waals surface area contributed by atoms with E-state index in [9.17, 15) is 19.5 Å². The van der Waals surface area contributed by atoms with Crippen LogP contribution in [0.4, 0.5) is 0 Å². The van der Waals surface area contributed by atoms with E-state index in [1.807, 2.05) is 20.8 Å². The topological polar surface area (TPSA) is 96.4 Å². The molecule has 3 aliphatic heterocycles. The number of aliphatic hydroxyl groups is 1. The molecule has 0 aliphatic carbocycles. The summed E-state index contributed by atoms with van der Waals surface area (Å²) in [5.41, 5.74) is -1.91.